The van der Waals surface area contributed by atoms with Crippen molar-refractivity contribution in [1.82, 2.24) is 5.43 Å². The molecule has 0 spiro atoms. The first-order valence-electron chi connectivity index (χ1n) is 7.02. The topological polar surface area (TPSA) is 114 Å². The van der Waals surface area contributed by atoms with Crippen molar-refractivity contribution < 1.29 is 28.6 Å². The molecule has 0 radical (unpaired) electrons. The SMILES string of the molecule is COc1c(Br)c([C@H]2ON=C(C(=O)NN)[C@@H]2C)c(OC)c2c1OCO2. The number of nitrogens with zero attached hydrogens (tertiary/aromatic N) is 1. The first-order valence-corrected chi connectivity index (χ1v) is 7.82. The van der Waals surface area contributed by atoms with Crippen LogP contribution in [0.3, 0.4) is 0 Å². The van der Waals surface area contributed by atoms with Crippen molar-refractivity contribution in [3.8, 4) is 23.0 Å². The van der Waals surface area contributed by atoms with E-state index in [1.807, 2.05) is 0 Å². The summed E-state index contributed by atoms with van der Waals surface area (Å²) in [6, 6.07) is 0. The van der Waals surface area contributed by atoms with Gasteiger partial charge in [0.25, 0.3) is 5.91 Å². The first-order chi connectivity index (χ1) is 11.5. The highest BCUT2D eigenvalue weighted by molar-refractivity contribution is 9.10. The van der Waals surface area contributed by atoms with E-state index in [0.717, 1.165) is 0 Å². The van der Waals surface area contributed by atoms with E-state index >= 15 is 0 Å². The predicted octanol–water partition coefficient (Wildman–Crippen LogP) is 1.25. The van der Waals surface area contributed by atoms with E-state index in [-0.39, 0.29) is 18.4 Å². The van der Waals surface area contributed by atoms with Crippen LogP contribution in [0.1, 0.15) is 18.6 Å². The van der Waals surface area contributed by atoms with Gasteiger partial charge in [-0.05, 0) is 15.9 Å². The normalized spacial score (nSPS) is 21.1. The molecule has 0 aliphatic carbocycles. The van der Waals surface area contributed by atoms with E-state index in [9.17, 15) is 4.79 Å². The average molecular weight is 402 g/mol. The zero-order chi connectivity index (χ0) is 17.4. The molecule has 9 nitrogen and oxygen atoms in total. The van der Waals surface area contributed by atoms with Gasteiger partial charge in [0.2, 0.25) is 18.3 Å². The van der Waals surface area contributed by atoms with Crippen LogP contribution in [0.5, 0.6) is 23.0 Å². The molecule has 0 aromatic heterocycles. The number of hydrazine groups is 1. The Bertz CT molecular complexity index is 723. The van der Waals surface area contributed by atoms with Crippen LogP contribution in [0, 0.1) is 5.92 Å². The molecular formula is C14H16BrN3O6. The molecule has 2 heterocycles. The maximum Gasteiger partial charge on any atom is 0.283 e. The second kappa shape index (κ2) is 6.36. The molecule has 2 aliphatic rings. The van der Waals surface area contributed by atoms with Gasteiger partial charge in [-0.25, -0.2) is 5.84 Å². The van der Waals surface area contributed by atoms with E-state index in [2.05, 4.69) is 26.5 Å². The lowest BCUT2D eigenvalue weighted by Gasteiger charge is -2.21. The number of halogens is 1. The zero-order valence-corrected chi connectivity index (χ0v) is 14.8. The van der Waals surface area contributed by atoms with E-state index in [0.29, 0.717) is 33.0 Å². The van der Waals surface area contributed by atoms with E-state index in [1.54, 1.807) is 6.92 Å². The van der Waals surface area contributed by atoms with Gasteiger partial charge in [-0.15, -0.1) is 0 Å². The van der Waals surface area contributed by atoms with Gasteiger partial charge in [0.05, 0.1) is 30.2 Å². The molecule has 1 aromatic carbocycles. The summed E-state index contributed by atoms with van der Waals surface area (Å²) in [6.07, 6.45) is -0.593. The van der Waals surface area contributed by atoms with Crippen LogP contribution < -0.4 is 30.2 Å². The van der Waals surface area contributed by atoms with Crippen molar-refractivity contribution >= 4 is 27.5 Å². The van der Waals surface area contributed by atoms with E-state index in [1.165, 1.54) is 14.2 Å². The summed E-state index contributed by atoms with van der Waals surface area (Å²) in [6.45, 7) is 1.85. The Hall–Kier alpha value is -2.20. The summed E-state index contributed by atoms with van der Waals surface area (Å²) in [5.41, 5.74) is 2.85. The third-order valence-electron chi connectivity index (χ3n) is 3.91. The zero-order valence-electron chi connectivity index (χ0n) is 13.2. The summed E-state index contributed by atoms with van der Waals surface area (Å²) in [4.78, 5) is 17.3. The molecule has 0 saturated carbocycles. The van der Waals surface area contributed by atoms with Crippen molar-refractivity contribution in [1.29, 1.82) is 0 Å². The number of rotatable bonds is 4. The minimum atomic E-state index is -0.593. The van der Waals surface area contributed by atoms with Gasteiger partial charge < -0.3 is 23.8 Å². The van der Waals surface area contributed by atoms with Gasteiger partial charge in [-0.2, -0.15) is 0 Å². The number of fused-ring (bicyclic) bond motifs is 1. The fourth-order valence-electron chi connectivity index (χ4n) is 2.76. The van der Waals surface area contributed by atoms with Gasteiger partial charge >= 0.3 is 0 Å². The van der Waals surface area contributed by atoms with Crippen molar-refractivity contribution in [2.45, 2.75) is 13.0 Å². The number of hydrogen-bond acceptors (Lipinski definition) is 8. The third kappa shape index (κ3) is 2.33. The van der Waals surface area contributed by atoms with E-state index in [4.69, 9.17) is 29.6 Å². The standard InChI is InChI=1S/C14H16BrN3O6/c1-5-8(14(19)17-16)18-24-9(5)6-7(15)11(21-3)13-12(10(6)20-2)22-4-23-13/h5,9H,4,16H2,1-3H3,(H,17,19)/t5-,9-/m0/s1. The largest absolute Gasteiger partial charge is 0.492 e. The molecule has 0 saturated heterocycles. The highest BCUT2D eigenvalue weighted by Crippen LogP contribution is 2.57. The molecule has 2 aliphatic heterocycles. The van der Waals surface area contributed by atoms with Crippen LogP contribution in [0.2, 0.25) is 0 Å². The highest BCUT2D eigenvalue weighted by atomic mass is 79.9. The molecule has 10 heteroatoms. The Morgan fingerprint density at radius 1 is 1.29 bits per heavy atom. The van der Waals surface area contributed by atoms with Crippen LogP contribution in [0.15, 0.2) is 9.63 Å². The quantitative estimate of drug-likeness (QED) is 0.443. The van der Waals surface area contributed by atoms with Crippen LogP contribution >= 0.6 is 15.9 Å². The molecule has 0 fully saturated rings. The van der Waals surface area contributed by atoms with Crippen molar-refractivity contribution in [2.24, 2.45) is 16.9 Å². The number of nitrogens with two attached hydrogens (primary N) is 1. The first kappa shape index (κ1) is 16.7. The Morgan fingerprint density at radius 2 is 1.92 bits per heavy atom. The van der Waals surface area contributed by atoms with Gasteiger partial charge in [0.15, 0.2) is 23.3 Å². The number of amides is 1. The number of ether oxygens (including phenoxy) is 4. The number of carbonyl (C=O) groups is 1. The van der Waals surface area contributed by atoms with Crippen molar-refractivity contribution in [2.75, 3.05) is 21.0 Å². The lowest BCUT2D eigenvalue weighted by atomic mass is 9.92. The number of nitrogens with one attached hydrogen (secondary N) is 1. The van der Waals surface area contributed by atoms with Gasteiger partial charge in [-0.3, -0.25) is 10.2 Å². The van der Waals surface area contributed by atoms with Crippen LogP contribution in [0.25, 0.3) is 0 Å². The molecule has 1 amide bonds. The lowest BCUT2D eigenvalue weighted by molar-refractivity contribution is -0.115. The molecule has 3 N–H and O–H groups in total. The lowest BCUT2D eigenvalue weighted by Crippen LogP contribution is -2.38. The Labute approximate surface area is 146 Å². The van der Waals surface area contributed by atoms with E-state index < -0.39 is 12.0 Å². The third-order valence-corrected chi connectivity index (χ3v) is 4.70. The number of hydrogen-bond donors (Lipinski definition) is 2. The second-order valence-electron chi connectivity index (χ2n) is 5.12. The predicted molar refractivity (Wildman–Crippen MR) is 86.1 cm³/mol. The monoisotopic (exact) mass is 401 g/mol. The molecule has 2 atom stereocenters. The van der Waals surface area contributed by atoms with Crippen LogP contribution in [-0.2, 0) is 9.63 Å². The van der Waals surface area contributed by atoms with Crippen molar-refractivity contribution in [3.63, 3.8) is 0 Å². The van der Waals surface area contributed by atoms with Crippen LogP contribution in [-0.4, -0.2) is 32.6 Å². The van der Waals surface area contributed by atoms with Crippen LogP contribution in [0.4, 0.5) is 0 Å². The summed E-state index contributed by atoms with van der Waals surface area (Å²) >= 11 is 3.50. The smallest absolute Gasteiger partial charge is 0.283 e. The second-order valence-corrected chi connectivity index (χ2v) is 5.92. The molecule has 1 aromatic rings. The number of carbonyl (C=O) groups excluding carboxylic acids is 1. The molecule has 130 valence electrons. The minimum absolute atomic E-state index is 0.0519. The Balaban J connectivity index is 2.11. The number of methoxy groups -OCH3 is 2. The fraction of sp³-hybridized carbons (Fsp3) is 0.429. The summed E-state index contributed by atoms with van der Waals surface area (Å²) in [5, 5.41) is 3.85. The fourth-order valence-corrected chi connectivity index (χ4v) is 3.50. The number of oxime groups is 1. The maximum absolute atomic E-state index is 11.8. The van der Waals surface area contributed by atoms with Gasteiger partial charge in [0, 0.05) is 0 Å². The van der Waals surface area contributed by atoms with Crippen molar-refractivity contribution in [3.05, 3.63) is 10.0 Å². The van der Waals surface area contributed by atoms with Gasteiger partial charge in [0.1, 0.15) is 0 Å². The maximum atomic E-state index is 11.8. The minimum Gasteiger partial charge on any atom is -0.492 e. The summed E-state index contributed by atoms with van der Waals surface area (Å²) in [7, 11) is 3.02. The van der Waals surface area contributed by atoms with Gasteiger partial charge in [-0.1, -0.05) is 12.1 Å². The highest BCUT2D eigenvalue weighted by Gasteiger charge is 2.42. The summed E-state index contributed by atoms with van der Waals surface area (Å²) < 4.78 is 22.5. The molecule has 3 rings (SSSR count). The summed E-state index contributed by atoms with van der Waals surface area (Å²) in [5.74, 6) is 6.03. The molecule has 24 heavy (non-hydrogen) atoms. The number of benzene rings is 1. The molecule has 0 unspecified atom stereocenters. The Morgan fingerprint density at radius 3 is 2.50 bits per heavy atom. The molecule has 0 bridgehead atoms. The Kier molecular flexibility index (Phi) is 4.41. The average Bonchev–Trinajstić information content (AvgIpc) is 3.20. The molecular weight excluding hydrogens is 386 g/mol.